The molecule has 3 aromatic rings. The van der Waals surface area contributed by atoms with E-state index >= 15 is 0 Å². The lowest BCUT2D eigenvalue weighted by atomic mass is 9.92. The summed E-state index contributed by atoms with van der Waals surface area (Å²) in [7, 11) is 0. The number of halogens is 1. The number of rotatable bonds is 3. The molecule has 4 heterocycles. The molecule has 0 saturated carbocycles. The number of aryl methyl sites for hydroxylation is 2. The van der Waals surface area contributed by atoms with Crippen molar-refractivity contribution in [3.63, 3.8) is 0 Å². The van der Waals surface area contributed by atoms with Crippen LogP contribution in [-0.4, -0.2) is 33.1 Å². The smallest absolute Gasteiger partial charge is 0.269 e. The number of hydrogen-bond acceptors (Lipinski definition) is 5. The highest BCUT2D eigenvalue weighted by molar-refractivity contribution is 7.14. The fraction of sp³-hybridized carbons (Fsp3) is 0.421. The predicted molar refractivity (Wildman–Crippen MR) is 104 cm³/mol. The summed E-state index contributed by atoms with van der Waals surface area (Å²) in [6, 6.07) is 3.67. The standard InChI is InChI=1S/C19H22FN5OS/c1-10-6-16(24-25-9-12(3)22-18(10)25)23-19(26)17-14(20)8-15(27-17)13-4-5-21-11(2)7-13/h6,8-9,11,13,21H,4-5,7H2,1-3H3,(H,23,24,26)/t11-,13-/m1/s1. The average Bonchev–Trinajstić information content (AvgIpc) is 3.17. The Hall–Kier alpha value is -2.32. The van der Waals surface area contributed by atoms with Gasteiger partial charge in [-0.15, -0.1) is 16.4 Å². The van der Waals surface area contributed by atoms with Crippen LogP contribution < -0.4 is 10.6 Å². The van der Waals surface area contributed by atoms with Crippen LogP contribution in [-0.2, 0) is 0 Å². The van der Waals surface area contributed by atoms with E-state index in [0.29, 0.717) is 17.8 Å². The number of nitrogens with one attached hydrogen (secondary N) is 2. The van der Waals surface area contributed by atoms with Gasteiger partial charge in [0.05, 0.1) is 11.9 Å². The molecule has 142 valence electrons. The maximum Gasteiger partial charge on any atom is 0.269 e. The lowest BCUT2D eigenvalue weighted by Gasteiger charge is -2.27. The molecule has 0 aromatic carbocycles. The Morgan fingerprint density at radius 2 is 2.22 bits per heavy atom. The molecule has 8 heteroatoms. The van der Waals surface area contributed by atoms with E-state index in [1.165, 1.54) is 17.4 Å². The van der Waals surface area contributed by atoms with Crippen molar-refractivity contribution in [2.24, 2.45) is 0 Å². The van der Waals surface area contributed by atoms with Gasteiger partial charge in [0.2, 0.25) is 0 Å². The second kappa shape index (κ2) is 7.01. The number of piperidine rings is 1. The average molecular weight is 387 g/mol. The molecule has 1 saturated heterocycles. The second-order valence-corrected chi connectivity index (χ2v) is 8.30. The van der Waals surface area contributed by atoms with Crippen molar-refractivity contribution >= 4 is 28.7 Å². The predicted octanol–water partition coefficient (Wildman–Crippen LogP) is 3.65. The molecule has 6 nitrogen and oxygen atoms in total. The summed E-state index contributed by atoms with van der Waals surface area (Å²) < 4.78 is 16.1. The molecule has 0 bridgehead atoms. The molecule has 0 spiro atoms. The Morgan fingerprint density at radius 3 is 3.00 bits per heavy atom. The highest BCUT2D eigenvalue weighted by Gasteiger charge is 2.25. The Morgan fingerprint density at radius 1 is 1.41 bits per heavy atom. The number of aromatic nitrogens is 3. The molecule has 2 N–H and O–H groups in total. The zero-order valence-electron chi connectivity index (χ0n) is 15.5. The first-order valence-electron chi connectivity index (χ1n) is 9.08. The van der Waals surface area contributed by atoms with E-state index < -0.39 is 11.7 Å². The van der Waals surface area contributed by atoms with Gasteiger partial charge < -0.3 is 10.6 Å². The van der Waals surface area contributed by atoms with Crippen molar-refractivity contribution in [3.05, 3.63) is 45.2 Å². The molecule has 0 unspecified atom stereocenters. The van der Waals surface area contributed by atoms with Gasteiger partial charge in [-0.25, -0.2) is 13.9 Å². The summed E-state index contributed by atoms with van der Waals surface area (Å²) in [4.78, 5) is 18.1. The monoisotopic (exact) mass is 387 g/mol. The topological polar surface area (TPSA) is 71.3 Å². The van der Waals surface area contributed by atoms with Gasteiger partial charge in [0.15, 0.2) is 11.5 Å². The minimum atomic E-state index is -0.464. The van der Waals surface area contributed by atoms with Crippen molar-refractivity contribution < 1.29 is 9.18 Å². The molecular weight excluding hydrogens is 365 g/mol. The van der Waals surface area contributed by atoms with Gasteiger partial charge in [0.25, 0.3) is 5.91 Å². The van der Waals surface area contributed by atoms with Crippen LogP contribution in [0.25, 0.3) is 5.65 Å². The lowest BCUT2D eigenvalue weighted by Crippen LogP contribution is -2.34. The van der Waals surface area contributed by atoms with E-state index in [1.807, 2.05) is 13.8 Å². The third-order valence-electron chi connectivity index (χ3n) is 4.91. The summed E-state index contributed by atoms with van der Waals surface area (Å²) in [6.07, 6.45) is 3.71. The van der Waals surface area contributed by atoms with E-state index in [-0.39, 0.29) is 4.88 Å². The summed E-state index contributed by atoms with van der Waals surface area (Å²) in [5, 5.41) is 10.5. The molecule has 0 radical (unpaired) electrons. The van der Waals surface area contributed by atoms with E-state index in [1.54, 1.807) is 16.8 Å². The van der Waals surface area contributed by atoms with Gasteiger partial charge >= 0.3 is 0 Å². The van der Waals surface area contributed by atoms with Gasteiger partial charge in [-0.2, -0.15) is 0 Å². The number of carbonyl (C=O) groups excluding carboxylic acids is 1. The molecule has 4 rings (SSSR count). The Labute approximate surface area is 160 Å². The number of thiophene rings is 1. The summed E-state index contributed by atoms with van der Waals surface area (Å²) in [6.45, 7) is 6.84. The quantitative estimate of drug-likeness (QED) is 0.720. The number of fused-ring (bicyclic) bond motifs is 1. The number of nitrogens with zero attached hydrogens (tertiary/aromatic N) is 3. The third kappa shape index (κ3) is 3.59. The molecule has 1 amide bonds. The molecule has 2 atom stereocenters. The van der Waals surface area contributed by atoms with Gasteiger partial charge in [-0.1, -0.05) is 0 Å². The van der Waals surface area contributed by atoms with Gasteiger partial charge in [0.1, 0.15) is 10.7 Å². The van der Waals surface area contributed by atoms with Crippen LogP contribution in [0.2, 0.25) is 0 Å². The molecule has 27 heavy (non-hydrogen) atoms. The largest absolute Gasteiger partial charge is 0.314 e. The fourth-order valence-electron chi connectivity index (χ4n) is 3.61. The van der Waals surface area contributed by atoms with Gasteiger partial charge in [-0.05, 0) is 63.8 Å². The molecule has 1 fully saturated rings. The number of anilines is 1. The lowest BCUT2D eigenvalue weighted by molar-refractivity contribution is 0.102. The van der Waals surface area contributed by atoms with Gasteiger partial charge in [0, 0.05) is 10.9 Å². The highest BCUT2D eigenvalue weighted by Crippen LogP contribution is 2.34. The van der Waals surface area contributed by atoms with E-state index in [4.69, 9.17) is 0 Å². The van der Waals surface area contributed by atoms with Crippen LogP contribution in [0, 0.1) is 19.7 Å². The molecule has 1 aliphatic heterocycles. The first kappa shape index (κ1) is 18.1. The zero-order chi connectivity index (χ0) is 19.1. The summed E-state index contributed by atoms with van der Waals surface area (Å²) in [5.41, 5.74) is 2.48. The van der Waals surface area contributed by atoms with Crippen LogP contribution in [0.3, 0.4) is 0 Å². The Bertz CT molecular complexity index is 1010. The number of amides is 1. The van der Waals surface area contributed by atoms with Crippen molar-refractivity contribution in [2.45, 2.75) is 45.6 Å². The minimum absolute atomic E-state index is 0.109. The highest BCUT2D eigenvalue weighted by atomic mass is 32.1. The van der Waals surface area contributed by atoms with Crippen molar-refractivity contribution in [3.8, 4) is 0 Å². The summed E-state index contributed by atoms with van der Waals surface area (Å²) >= 11 is 1.25. The van der Waals surface area contributed by atoms with Crippen molar-refractivity contribution in [2.75, 3.05) is 11.9 Å². The molecule has 3 aromatic heterocycles. The maximum atomic E-state index is 14.4. The SMILES string of the molecule is Cc1cn2nc(NC(=O)c3sc([C@@H]4CCN[C@H](C)C4)cc3F)cc(C)c2n1. The first-order chi connectivity index (χ1) is 12.9. The Kier molecular flexibility index (Phi) is 4.69. The molecular formula is C19H22FN5OS. The fourth-order valence-corrected chi connectivity index (χ4v) is 4.69. The number of imidazole rings is 1. The summed E-state index contributed by atoms with van der Waals surface area (Å²) in [5.74, 6) is -0.246. The zero-order valence-corrected chi connectivity index (χ0v) is 16.4. The number of carbonyl (C=O) groups is 1. The molecule has 0 aliphatic carbocycles. The van der Waals surface area contributed by atoms with Crippen LogP contribution >= 0.6 is 11.3 Å². The first-order valence-corrected chi connectivity index (χ1v) is 9.90. The van der Waals surface area contributed by atoms with Crippen LogP contribution in [0.1, 0.15) is 51.5 Å². The van der Waals surface area contributed by atoms with E-state index in [0.717, 1.165) is 41.2 Å². The maximum absolute atomic E-state index is 14.4. The van der Waals surface area contributed by atoms with Crippen molar-refractivity contribution in [1.82, 2.24) is 19.9 Å². The van der Waals surface area contributed by atoms with Crippen LogP contribution in [0.5, 0.6) is 0 Å². The minimum Gasteiger partial charge on any atom is -0.314 e. The third-order valence-corrected chi connectivity index (χ3v) is 6.18. The van der Waals surface area contributed by atoms with Crippen LogP contribution in [0.4, 0.5) is 10.2 Å². The van der Waals surface area contributed by atoms with E-state index in [9.17, 15) is 9.18 Å². The molecule has 1 aliphatic rings. The van der Waals surface area contributed by atoms with Gasteiger partial charge in [-0.3, -0.25) is 4.79 Å². The normalized spacial score (nSPS) is 20.1. The number of hydrogen-bond donors (Lipinski definition) is 2. The second-order valence-electron chi connectivity index (χ2n) is 7.22. The Balaban J connectivity index is 1.56. The van der Waals surface area contributed by atoms with Crippen molar-refractivity contribution in [1.29, 1.82) is 0 Å². The van der Waals surface area contributed by atoms with E-state index in [2.05, 4.69) is 27.6 Å². The van der Waals surface area contributed by atoms with Crippen LogP contribution in [0.15, 0.2) is 18.3 Å².